The molecule has 11 heterocycles. The molecular formula is C97H103N5O4S2. The summed E-state index contributed by atoms with van der Waals surface area (Å²) >= 11 is 3.61. The van der Waals surface area contributed by atoms with E-state index in [-0.39, 0.29) is 32.5 Å². The van der Waals surface area contributed by atoms with Gasteiger partial charge in [0.15, 0.2) is 0 Å². The van der Waals surface area contributed by atoms with E-state index in [4.69, 9.17) is 17.7 Å². The molecular weight excluding hydrogens is 1360 g/mol. The number of aromatic nitrogens is 5. The first kappa shape index (κ1) is 76.1. The fourth-order valence-corrected chi connectivity index (χ4v) is 18.4. The Morgan fingerprint density at radius 1 is 0.259 bits per heavy atom. The number of rotatable bonds is 0. The molecule has 18 aromatic rings. The Hall–Kier alpha value is -10.1. The van der Waals surface area contributed by atoms with Crippen LogP contribution in [-0.2, 0) is 32.5 Å². The highest BCUT2D eigenvalue weighted by Gasteiger charge is 2.27. The lowest BCUT2D eigenvalue weighted by atomic mass is 9.83. The third kappa shape index (κ3) is 15.1. The van der Waals surface area contributed by atoms with Gasteiger partial charge in [-0.05, 0) is 238 Å². The van der Waals surface area contributed by atoms with Crippen LogP contribution >= 0.6 is 22.7 Å². The van der Waals surface area contributed by atoms with Crippen molar-refractivity contribution in [2.24, 2.45) is 0 Å². The second-order valence-electron chi connectivity index (χ2n) is 35.3. The topological polar surface area (TPSA) is 117 Å². The van der Waals surface area contributed by atoms with E-state index in [0.717, 1.165) is 87.0 Å². The number of pyridine rings is 5. The molecule has 11 heteroatoms. The molecule has 0 radical (unpaired) electrons. The summed E-state index contributed by atoms with van der Waals surface area (Å²) in [6.07, 6.45) is 9.05. The van der Waals surface area contributed by atoms with E-state index in [0.29, 0.717) is 0 Å². The van der Waals surface area contributed by atoms with Gasteiger partial charge in [-0.2, -0.15) is 0 Å². The van der Waals surface area contributed by atoms with E-state index in [9.17, 15) is 0 Å². The van der Waals surface area contributed by atoms with E-state index >= 15 is 0 Å². The van der Waals surface area contributed by atoms with Crippen molar-refractivity contribution < 1.29 is 17.7 Å². The Bertz CT molecular complexity index is 6090. The van der Waals surface area contributed by atoms with Gasteiger partial charge in [0.25, 0.3) is 0 Å². The molecule has 0 saturated carbocycles. The maximum absolute atomic E-state index is 6.02. The number of aryl methyl sites for hydroxylation is 6. The predicted molar refractivity (Wildman–Crippen MR) is 463 cm³/mol. The highest BCUT2D eigenvalue weighted by molar-refractivity contribution is 7.26. The van der Waals surface area contributed by atoms with Crippen molar-refractivity contribution in [2.45, 2.75) is 199 Å². The molecule has 0 saturated heterocycles. The first-order valence-corrected chi connectivity index (χ1v) is 39.3. The van der Waals surface area contributed by atoms with Gasteiger partial charge < -0.3 is 17.7 Å². The maximum atomic E-state index is 6.02. The monoisotopic (exact) mass is 1470 g/mol. The molecule has 7 aromatic carbocycles. The molecule has 0 aliphatic carbocycles. The van der Waals surface area contributed by atoms with Gasteiger partial charge in [0.2, 0.25) is 17.1 Å². The van der Waals surface area contributed by atoms with Crippen LogP contribution in [0.5, 0.6) is 0 Å². The molecule has 18 rings (SSSR count). The molecule has 552 valence electrons. The number of hydrogen-bond donors (Lipinski definition) is 0. The van der Waals surface area contributed by atoms with E-state index in [1.807, 2.05) is 66.2 Å². The Kier molecular flexibility index (Phi) is 20.3. The summed E-state index contributed by atoms with van der Waals surface area (Å²) in [7, 11) is 0. The molecule has 0 amide bonds. The maximum Gasteiger partial charge on any atom is 0.227 e. The summed E-state index contributed by atoms with van der Waals surface area (Å²) in [5.74, 6) is 0. The van der Waals surface area contributed by atoms with E-state index in [1.54, 1.807) is 29.9 Å². The zero-order valence-corrected chi connectivity index (χ0v) is 69.2. The summed E-state index contributed by atoms with van der Waals surface area (Å²) in [5, 5.41) is 14.4. The number of thiophene rings is 2. The Balaban J connectivity index is 0.000000114. The lowest BCUT2D eigenvalue weighted by Crippen LogP contribution is -2.13. The van der Waals surface area contributed by atoms with Crippen molar-refractivity contribution in [3.63, 3.8) is 0 Å². The number of nitrogens with zero attached hydrogens (tertiary/aromatic N) is 5. The fraction of sp³-hybridized carbons (Fsp3) is 0.309. The minimum Gasteiger partial charge on any atom is -0.456 e. The Labute approximate surface area is 643 Å². The Morgan fingerprint density at radius 3 is 1.22 bits per heavy atom. The highest BCUT2D eigenvalue weighted by atomic mass is 32.1. The van der Waals surface area contributed by atoms with Crippen molar-refractivity contribution in [2.75, 3.05) is 0 Å². The average molecular weight is 1470 g/mol. The second kappa shape index (κ2) is 28.8. The van der Waals surface area contributed by atoms with Gasteiger partial charge in [-0.1, -0.05) is 179 Å². The van der Waals surface area contributed by atoms with E-state index in [1.165, 1.54) is 108 Å². The van der Waals surface area contributed by atoms with Crippen LogP contribution in [0.3, 0.4) is 0 Å². The van der Waals surface area contributed by atoms with Crippen LogP contribution in [0.25, 0.3) is 129 Å². The summed E-state index contributed by atoms with van der Waals surface area (Å²) in [5.41, 5.74) is 23.9. The lowest BCUT2D eigenvalue weighted by molar-refractivity contribution is 0.566. The van der Waals surface area contributed by atoms with Crippen LogP contribution in [0.2, 0.25) is 0 Å². The summed E-state index contributed by atoms with van der Waals surface area (Å²) in [6.45, 7) is 53.4. The average Bonchev–Trinajstić information content (AvgIpc) is 1.45. The molecule has 0 N–H and O–H groups in total. The van der Waals surface area contributed by atoms with Crippen LogP contribution < -0.4 is 0 Å². The molecule has 0 fully saturated rings. The number of hydrogen-bond acceptors (Lipinski definition) is 11. The van der Waals surface area contributed by atoms with Crippen molar-refractivity contribution >= 4 is 151 Å². The number of benzene rings is 7. The highest BCUT2D eigenvalue weighted by Crippen LogP contribution is 2.44. The quantitative estimate of drug-likeness (QED) is 0.146. The van der Waals surface area contributed by atoms with Crippen molar-refractivity contribution in [1.29, 1.82) is 0 Å². The number of furan rings is 4. The van der Waals surface area contributed by atoms with Gasteiger partial charge in [0.1, 0.15) is 37.6 Å². The summed E-state index contributed by atoms with van der Waals surface area (Å²) in [4.78, 5) is 24.1. The largest absolute Gasteiger partial charge is 0.456 e. The minimum absolute atomic E-state index is 0.0669. The van der Waals surface area contributed by atoms with Gasteiger partial charge in [0.05, 0.1) is 0 Å². The molecule has 108 heavy (non-hydrogen) atoms. The van der Waals surface area contributed by atoms with Crippen molar-refractivity contribution in [3.05, 3.63) is 255 Å². The number of fused-ring (bicyclic) bond motifs is 18. The fourth-order valence-electron chi connectivity index (χ4n) is 15.9. The summed E-state index contributed by atoms with van der Waals surface area (Å²) in [6, 6.07) is 55.3. The third-order valence-electron chi connectivity index (χ3n) is 20.6. The first-order valence-electron chi connectivity index (χ1n) is 37.7. The van der Waals surface area contributed by atoms with Gasteiger partial charge in [-0.15, -0.1) is 22.7 Å². The third-order valence-corrected chi connectivity index (χ3v) is 22.8. The smallest absolute Gasteiger partial charge is 0.227 e. The Morgan fingerprint density at radius 2 is 0.667 bits per heavy atom. The molecule has 0 bridgehead atoms. The van der Waals surface area contributed by atoms with Crippen LogP contribution in [0.15, 0.2) is 206 Å². The first-order chi connectivity index (χ1) is 50.8. The van der Waals surface area contributed by atoms with Crippen LogP contribution in [-0.4, -0.2) is 24.9 Å². The molecule has 0 aliphatic rings. The molecule has 0 atom stereocenters. The second-order valence-corrected chi connectivity index (χ2v) is 37.3. The van der Waals surface area contributed by atoms with Gasteiger partial charge >= 0.3 is 0 Å². The lowest BCUT2D eigenvalue weighted by Gasteiger charge is -2.22. The normalized spacial score (nSPS) is 12.4. The summed E-state index contributed by atoms with van der Waals surface area (Å²) < 4.78 is 26.4. The van der Waals surface area contributed by atoms with Gasteiger partial charge in [-0.25, -0.2) is 24.9 Å². The molecule has 0 spiro atoms. The SMILES string of the molecule is Cc1c(C(C)(C)C)ccc2c1oc1ccccc12.Cc1cc2c(cc1C(C)(C)C)oc1ncccc12.Cc1cc2c(cc1C(C)(C)C)sc1ncccc12.Cc1cc2oc3ncccc3c2cc1C(C)(C)C.Cc1ccc2c(oc3ncccc32)c1C(C)(C)C.Cc1ccc2c(sc3ncccc32)c1C(C)(C)C. The van der Waals surface area contributed by atoms with Crippen LogP contribution in [0.4, 0.5) is 0 Å². The molecule has 9 nitrogen and oxygen atoms in total. The van der Waals surface area contributed by atoms with E-state index < -0.39 is 0 Å². The zero-order valence-electron chi connectivity index (χ0n) is 67.6. The number of para-hydroxylation sites is 1. The standard InChI is InChI=1S/C17H18O.3C16H17NO.2C16H17NS/c1-11-14(17(2,3)4)10-9-13-12-7-5-6-8-15(12)18-16(11)13;1-10-7-8-11-12-6-5-9-17-15(12)18-14(11)13(10)16(2,3)4;1-10-8-14-12(9-13(10)16(2,3)4)11-6-5-7-17-15(11)18-14;1-10-8-12-11-6-5-7-17-15(11)18-14(12)9-13(10)16(2,3)4;1-10-7-8-11-12-6-5-9-17-15(12)18-14(11)13(10)16(2,3)4;1-10-8-12-11-6-5-7-17-15(11)18-14(12)9-13(10)16(2,3)4/h5-10H,1-4H3;5*5-9H,1-4H3. The van der Waals surface area contributed by atoms with Gasteiger partial charge in [0, 0.05) is 111 Å². The van der Waals surface area contributed by atoms with Gasteiger partial charge in [-0.3, -0.25) is 0 Å². The molecule has 0 unspecified atom stereocenters. The minimum atomic E-state index is 0.0669. The molecule has 11 aromatic heterocycles. The van der Waals surface area contributed by atoms with Crippen molar-refractivity contribution in [3.8, 4) is 0 Å². The molecule has 0 aliphatic heterocycles. The van der Waals surface area contributed by atoms with E-state index in [2.05, 4.69) is 306 Å². The van der Waals surface area contributed by atoms with Crippen molar-refractivity contribution in [1.82, 2.24) is 24.9 Å². The van der Waals surface area contributed by atoms with Crippen LogP contribution in [0, 0.1) is 41.5 Å². The zero-order chi connectivity index (χ0) is 77.5. The van der Waals surface area contributed by atoms with Crippen LogP contribution in [0.1, 0.15) is 191 Å². The predicted octanol–water partition coefficient (Wildman–Crippen LogP) is 29.1.